The molecule has 8 heteroatoms. The Balaban J connectivity index is 1.38. The van der Waals surface area contributed by atoms with Gasteiger partial charge in [-0.15, -0.1) is 5.10 Å². The number of hydrogen-bond donors (Lipinski definition) is 1. The van der Waals surface area contributed by atoms with Gasteiger partial charge in [-0.05, 0) is 51.6 Å². The van der Waals surface area contributed by atoms with Gasteiger partial charge in [0.2, 0.25) is 0 Å². The monoisotopic (exact) mass is 427 g/mol. The van der Waals surface area contributed by atoms with Crippen molar-refractivity contribution in [2.45, 2.75) is 70.6 Å². The lowest BCUT2D eigenvalue weighted by molar-refractivity contribution is 0.0946. The number of ether oxygens (including phenoxy) is 2. The molecule has 0 radical (unpaired) electrons. The van der Waals surface area contributed by atoms with Crippen molar-refractivity contribution in [3.8, 4) is 11.5 Å². The molecule has 1 amide bonds. The molecule has 1 atom stereocenters. The summed E-state index contributed by atoms with van der Waals surface area (Å²) in [4.78, 5) is 14.7. The Labute approximate surface area is 183 Å². The molecule has 2 fully saturated rings. The number of nitrogens with zero attached hydrogens (tertiary/aromatic N) is 4. The van der Waals surface area contributed by atoms with Crippen LogP contribution in [0.5, 0.6) is 11.5 Å². The Hall–Kier alpha value is -2.61. The first-order valence-corrected chi connectivity index (χ1v) is 11.2. The van der Waals surface area contributed by atoms with E-state index in [1.807, 2.05) is 13.0 Å². The molecule has 31 heavy (non-hydrogen) atoms. The molecule has 0 unspecified atom stereocenters. The summed E-state index contributed by atoms with van der Waals surface area (Å²) in [5.74, 6) is 1.64. The molecule has 1 aromatic heterocycles. The molecule has 1 aromatic carbocycles. The predicted molar refractivity (Wildman–Crippen MR) is 117 cm³/mol. The molecule has 0 bridgehead atoms. The average molecular weight is 428 g/mol. The quantitative estimate of drug-likeness (QED) is 0.663. The van der Waals surface area contributed by atoms with Crippen LogP contribution in [0.15, 0.2) is 18.3 Å². The van der Waals surface area contributed by atoms with Gasteiger partial charge >= 0.3 is 0 Å². The van der Waals surface area contributed by atoms with Crippen LogP contribution in [0.3, 0.4) is 0 Å². The van der Waals surface area contributed by atoms with Crippen molar-refractivity contribution in [3.05, 3.63) is 35.2 Å². The van der Waals surface area contributed by atoms with Crippen LogP contribution in [0, 0.1) is 6.92 Å². The topological polar surface area (TPSA) is 81.5 Å². The number of rotatable bonds is 9. The van der Waals surface area contributed by atoms with E-state index in [0.717, 1.165) is 56.0 Å². The standard InChI is InChI=1S/C23H33N5O3/c1-16-21(30-2)10-7-17(22(16)31-3)14-27-12-5-4-6-19(27)11-13-28-15-20(25-26-28)23(29)24-18-8-9-18/h7,10,15,18-19H,4-6,8-9,11-14H2,1-3H3,(H,24,29)/t19-/m0/s1. The third-order valence-electron chi connectivity index (χ3n) is 6.36. The summed E-state index contributed by atoms with van der Waals surface area (Å²) >= 11 is 0. The van der Waals surface area contributed by atoms with E-state index in [2.05, 4.69) is 26.6 Å². The molecule has 0 spiro atoms. The summed E-state index contributed by atoms with van der Waals surface area (Å²) in [6, 6.07) is 4.93. The van der Waals surface area contributed by atoms with E-state index in [1.54, 1.807) is 25.1 Å². The zero-order valence-electron chi connectivity index (χ0n) is 18.8. The molecule has 1 aliphatic carbocycles. The molecule has 4 rings (SSSR count). The highest BCUT2D eigenvalue weighted by atomic mass is 16.5. The Bertz CT molecular complexity index is 909. The lowest BCUT2D eigenvalue weighted by atomic mass is 9.98. The van der Waals surface area contributed by atoms with Crippen molar-refractivity contribution in [3.63, 3.8) is 0 Å². The number of piperidine rings is 1. The van der Waals surface area contributed by atoms with E-state index in [1.165, 1.54) is 24.8 Å². The molecule has 2 heterocycles. The van der Waals surface area contributed by atoms with Gasteiger partial charge in [0.05, 0.1) is 20.4 Å². The summed E-state index contributed by atoms with van der Waals surface area (Å²) < 4.78 is 13.0. The summed E-state index contributed by atoms with van der Waals surface area (Å²) in [6.07, 6.45) is 8.49. The molecule has 2 aromatic rings. The Morgan fingerprint density at radius 2 is 2.03 bits per heavy atom. The number of nitrogens with one attached hydrogen (secondary N) is 1. The zero-order valence-corrected chi connectivity index (χ0v) is 18.8. The van der Waals surface area contributed by atoms with E-state index >= 15 is 0 Å². The molecular formula is C23H33N5O3. The van der Waals surface area contributed by atoms with Gasteiger partial charge in [0.25, 0.3) is 5.91 Å². The number of amides is 1. The number of hydrogen-bond acceptors (Lipinski definition) is 6. The zero-order chi connectivity index (χ0) is 21.8. The molecule has 168 valence electrons. The van der Waals surface area contributed by atoms with Crippen molar-refractivity contribution in [2.75, 3.05) is 20.8 Å². The second-order valence-electron chi connectivity index (χ2n) is 8.61. The fourth-order valence-electron chi connectivity index (χ4n) is 4.45. The molecule has 1 aliphatic heterocycles. The predicted octanol–water partition coefficient (Wildman–Crippen LogP) is 2.94. The van der Waals surface area contributed by atoms with Gasteiger partial charge in [-0.2, -0.15) is 0 Å². The molecular weight excluding hydrogens is 394 g/mol. The van der Waals surface area contributed by atoms with E-state index < -0.39 is 0 Å². The fourth-order valence-corrected chi connectivity index (χ4v) is 4.45. The second kappa shape index (κ2) is 9.68. The van der Waals surface area contributed by atoms with Crippen LogP contribution in [-0.4, -0.2) is 58.6 Å². The van der Waals surface area contributed by atoms with Crippen LogP contribution in [0.2, 0.25) is 0 Å². The molecule has 1 N–H and O–H groups in total. The van der Waals surface area contributed by atoms with Gasteiger partial charge in [0, 0.05) is 36.3 Å². The van der Waals surface area contributed by atoms with Crippen LogP contribution in [0.1, 0.15) is 60.1 Å². The first kappa shape index (κ1) is 21.6. The normalized spacial score (nSPS) is 19.3. The lowest BCUT2D eigenvalue weighted by Gasteiger charge is -2.36. The van der Waals surface area contributed by atoms with Crippen molar-refractivity contribution < 1.29 is 14.3 Å². The number of aromatic nitrogens is 3. The number of carbonyl (C=O) groups is 1. The third-order valence-corrected chi connectivity index (χ3v) is 6.36. The van der Waals surface area contributed by atoms with Crippen molar-refractivity contribution >= 4 is 5.91 Å². The maximum atomic E-state index is 12.1. The van der Waals surface area contributed by atoms with Crippen molar-refractivity contribution in [1.29, 1.82) is 0 Å². The second-order valence-corrected chi connectivity index (χ2v) is 8.61. The van der Waals surface area contributed by atoms with Crippen LogP contribution in [0.4, 0.5) is 0 Å². The highest BCUT2D eigenvalue weighted by molar-refractivity contribution is 5.92. The van der Waals surface area contributed by atoms with Crippen LogP contribution in [-0.2, 0) is 13.1 Å². The minimum absolute atomic E-state index is 0.116. The Kier molecular flexibility index (Phi) is 6.75. The van der Waals surface area contributed by atoms with Crippen LogP contribution >= 0.6 is 0 Å². The van der Waals surface area contributed by atoms with E-state index in [4.69, 9.17) is 9.47 Å². The van der Waals surface area contributed by atoms with Crippen LogP contribution < -0.4 is 14.8 Å². The molecule has 8 nitrogen and oxygen atoms in total. The summed E-state index contributed by atoms with van der Waals surface area (Å²) in [7, 11) is 3.41. The third kappa shape index (κ3) is 5.18. The van der Waals surface area contributed by atoms with E-state index in [-0.39, 0.29) is 5.91 Å². The maximum Gasteiger partial charge on any atom is 0.273 e. The summed E-state index contributed by atoms with van der Waals surface area (Å²) in [6.45, 7) is 4.72. The lowest BCUT2D eigenvalue weighted by Crippen LogP contribution is -2.39. The number of aryl methyl sites for hydroxylation is 1. The van der Waals surface area contributed by atoms with Crippen molar-refractivity contribution in [2.24, 2.45) is 0 Å². The fraction of sp³-hybridized carbons (Fsp3) is 0.609. The van der Waals surface area contributed by atoms with Gasteiger partial charge in [-0.25, -0.2) is 0 Å². The van der Waals surface area contributed by atoms with E-state index in [0.29, 0.717) is 17.8 Å². The minimum Gasteiger partial charge on any atom is -0.496 e. The van der Waals surface area contributed by atoms with Gasteiger partial charge in [-0.1, -0.05) is 17.7 Å². The number of carbonyl (C=O) groups excluding carboxylic acids is 1. The first-order chi connectivity index (χ1) is 15.1. The highest BCUT2D eigenvalue weighted by Crippen LogP contribution is 2.33. The summed E-state index contributed by atoms with van der Waals surface area (Å²) in [5.41, 5.74) is 2.63. The number of benzene rings is 1. The van der Waals surface area contributed by atoms with E-state index in [9.17, 15) is 4.79 Å². The SMILES string of the molecule is COc1ccc(CN2CCCC[C@H]2CCn2cc(C(=O)NC3CC3)nn2)c(OC)c1C. The molecule has 1 saturated heterocycles. The van der Waals surface area contributed by atoms with Gasteiger partial charge in [0.1, 0.15) is 11.5 Å². The van der Waals surface area contributed by atoms with Crippen molar-refractivity contribution in [1.82, 2.24) is 25.2 Å². The largest absolute Gasteiger partial charge is 0.496 e. The van der Waals surface area contributed by atoms with Gasteiger partial charge in [-0.3, -0.25) is 14.4 Å². The summed E-state index contributed by atoms with van der Waals surface area (Å²) in [5, 5.41) is 11.2. The number of methoxy groups -OCH3 is 2. The van der Waals surface area contributed by atoms with Gasteiger partial charge < -0.3 is 14.8 Å². The average Bonchev–Trinajstić information content (AvgIpc) is 3.46. The minimum atomic E-state index is -0.116. The Morgan fingerprint density at radius 1 is 1.19 bits per heavy atom. The number of likely N-dealkylation sites (tertiary alicyclic amines) is 1. The highest BCUT2D eigenvalue weighted by Gasteiger charge is 2.26. The molecule has 2 aliphatic rings. The maximum absolute atomic E-state index is 12.1. The first-order valence-electron chi connectivity index (χ1n) is 11.2. The Morgan fingerprint density at radius 3 is 2.77 bits per heavy atom. The van der Waals surface area contributed by atoms with Gasteiger partial charge in [0.15, 0.2) is 5.69 Å². The smallest absolute Gasteiger partial charge is 0.273 e. The van der Waals surface area contributed by atoms with Crippen LogP contribution in [0.25, 0.3) is 0 Å². The molecule has 1 saturated carbocycles.